The van der Waals surface area contributed by atoms with Gasteiger partial charge in [-0.15, -0.1) is 0 Å². The van der Waals surface area contributed by atoms with Gasteiger partial charge in [0.05, 0.1) is 17.2 Å². The number of anilines is 1. The summed E-state index contributed by atoms with van der Waals surface area (Å²) in [5, 5.41) is 12.7. The summed E-state index contributed by atoms with van der Waals surface area (Å²) in [5.41, 5.74) is 5.90. The van der Waals surface area contributed by atoms with Gasteiger partial charge in [0.1, 0.15) is 0 Å². The van der Waals surface area contributed by atoms with Crippen LogP contribution in [-0.2, 0) is 6.42 Å². The van der Waals surface area contributed by atoms with Gasteiger partial charge in [0, 0.05) is 30.7 Å². The molecule has 0 bridgehead atoms. The van der Waals surface area contributed by atoms with Crippen molar-refractivity contribution in [2.24, 2.45) is 5.92 Å². The van der Waals surface area contributed by atoms with E-state index in [1.165, 1.54) is 0 Å². The Hall–Kier alpha value is -3.14. The van der Waals surface area contributed by atoms with E-state index in [4.69, 9.17) is 4.98 Å². The van der Waals surface area contributed by atoms with E-state index in [9.17, 15) is 9.90 Å². The molecule has 2 aromatic carbocycles. The molecule has 1 atom stereocenters. The summed E-state index contributed by atoms with van der Waals surface area (Å²) in [7, 11) is 4.03. The van der Waals surface area contributed by atoms with Crippen LogP contribution in [0.2, 0.25) is 0 Å². The lowest BCUT2D eigenvalue weighted by Gasteiger charge is -2.27. The first-order chi connectivity index (χ1) is 13.4. The molecule has 0 radical (unpaired) electrons. The van der Waals surface area contributed by atoms with Crippen molar-refractivity contribution in [2.45, 2.75) is 19.8 Å². The smallest absolute Gasteiger partial charge is 0.0725 e. The molecular weight excluding hydrogens is 348 g/mol. The summed E-state index contributed by atoms with van der Waals surface area (Å²) in [6.45, 7) is 2.15. The summed E-state index contributed by atoms with van der Waals surface area (Å²) < 4.78 is 0. The fourth-order valence-corrected chi connectivity index (χ4v) is 4.04. The highest BCUT2D eigenvalue weighted by atomic mass is 16.4. The number of rotatable bonds is 3. The van der Waals surface area contributed by atoms with E-state index >= 15 is 0 Å². The molecule has 4 heteroatoms. The first kappa shape index (κ1) is 18.2. The van der Waals surface area contributed by atoms with Gasteiger partial charge in [0.25, 0.3) is 0 Å². The molecule has 142 valence electrons. The molecule has 0 amide bonds. The van der Waals surface area contributed by atoms with Crippen LogP contribution in [0.5, 0.6) is 0 Å². The van der Waals surface area contributed by atoms with Crippen LogP contribution in [0.3, 0.4) is 0 Å². The Bertz CT molecular complexity index is 1080. The van der Waals surface area contributed by atoms with Crippen molar-refractivity contribution < 1.29 is 9.90 Å². The molecule has 1 aromatic heterocycles. The van der Waals surface area contributed by atoms with Crippen LogP contribution in [0.15, 0.2) is 48.5 Å². The maximum Gasteiger partial charge on any atom is 0.0725 e. The molecule has 0 unspecified atom stereocenters. The number of carbonyl (C=O) groups is 1. The van der Waals surface area contributed by atoms with Crippen molar-refractivity contribution in [3.8, 4) is 0 Å². The van der Waals surface area contributed by atoms with E-state index in [0.717, 1.165) is 34.5 Å². The highest BCUT2D eigenvalue weighted by molar-refractivity contribution is 6.05. The number of aromatic carboxylic acids is 1. The van der Waals surface area contributed by atoms with Crippen LogP contribution >= 0.6 is 0 Å². The van der Waals surface area contributed by atoms with Crippen LogP contribution in [0.4, 0.5) is 5.69 Å². The molecule has 4 nitrogen and oxygen atoms in total. The monoisotopic (exact) mass is 371 g/mol. The summed E-state index contributed by atoms with van der Waals surface area (Å²) in [4.78, 5) is 18.9. The summed E-state index contributed by atoms with van der Waals surface area (Å²) in [6, 6.07) is 15.7. The Kier molecular flexibility index (Phi) is 4.63. The van der Waals surface area contributed by atoms with Crippen LogP contribution < -0.4 is 10.0 Å². The molecule has 4 rings (SSSR count). The number of carboxylic acid groups (broad SMARTS) is 1. The van der Waals surface area contributed by atoms with Gasteiger partial charge in [0.2, 0.25) is 0 Å². The van der Waals surface area contributed by atoms with Gasteiger partial charge in [-0.25, -0.2) is 4.98 Å². The number of hydrogen-bond donors (Lipinski definition) is 0. The lowest BCUT2D eigenvalue weighted by Crippen LogP contribution is -2.27. The molecular formula is C24H23N2O2-. The zero-order chi connectivity index (χ0) is 19.8. The molecule has 0 saturated carbocycles. The molecule has 3 aromatic rings. The molecule has 0 aliphatic heterocycles. The number of nitrogens with zero attached hydrogens (tertiary/aromatic N) is 2. The van der Waals surface area contributed by atoms with Crippen LogP contribution in [-0.4, -0.2) is 25.0 Å². The van der Waals surface area contributed by atoms with Gasteiger partial charge >= 0.3 is 0 Å². The third-order valence-corrected chi connectivity index (χ3v) is 5.37. The van der Waals surface area contributed by atoms with Crippen molar-refractivity contribution >= 4 is 34.2 Å². The minimum Gasteiger partial charge on any atom is -0.545 e. The van der Waals surface area contributed by atoms with Crippen molar-refractivity contribution in [3.63, 3.8) is 0 Å². The predicted octanol–water partition coefficient (Wildman–Crippen LogP) is 3.79. The van der Waals surface area contributed by atoms with E-state index < -0.39 is 5.97 Å². The number of fused-ring (bicyclic) bond motifs is 2. The number of aromatic nitrogens is 1. The van der Waals surface area contributed by atoms with Gasteiger partial charge in [-0.3, -0.25) is 0 Å². The minimum atomic E-state index is -1.13. The SMILES string of the molecule is C[C@H]1C/C(=C\c2ccc(N(C)C)cc2)c2nc3ccccc3c(C(=O)[O-])c2C1. The first-order valence-corrected chi connectivity index (χ1v) is 9.55. The van der Waals surface area contributed by atoms with E-state index in [-0.39, 0.29) is 0 Å². The van der Waals surface area contributed by atoms with Gasteiger partial charge in [-0.05, 0) is 59.7 Å². The van der Waals surface area contributed by atoms with Gasteiger partial charge in [-0.1, -0.05) is 37.3 Å². The van der Waals surface area contributed by atoms with Gasteiger partial charge in [-0.2, -0.15) is 0 Å². The van der Waals surface area contributed by atoms with Gasteiger partial charge < -0.3 is 14.8 Å². The highest BCUT2D eigenvalue weighted by Gasteiger charge is 2.25. The number of carbonyl (C=O) groups excluding carboxylic acids is 1. The molecule has 0 saturated heterocycles. The second kappa shape index (κ2) is 7.12. The van der Waals surface area contributed by atoms with Crippen molar-refractivity contribution in [2.75, 3.05) is 19.0 Å². The van der Waals surface area contributed by atoms with Crippen LogP contribution in [0.25, 0.3) is 22.6 Å². The fourth-order valence-electron chi connectivity index (χ4n) is 4.04. The number of carboxylic acids is 1. The molecule has 0 N–H and O–H groups in total. The van der Waals surface area contributed by atoms with Crippen LogP contribution in [0, 0.1) is 5.92 Å². The van der Waals surface area contributed by atoms with Crippen LogP contribution in [0.1, 0.15) is 40.5 Å². The Labute approximate surface area is 165 Å². The number of para-hydroxylation sites is 1. The van der Waals surface area contributed by atoms with Crippen molar-refractivity contribution in [1.82, 2.24) is 4.98 Å². The highest BCUT2D eigenvalue weighted by Crippen LogP contribution is 2.38. The maximum atomic E-state index is 12.0. The number of benzene rings is 2. The second-order valence-corrected chi connectivity index (χ2v) is 7.79. The summed E-state index contributed by atoms with van der Waals surface area (Å²) in [5.74, 6) is -0.778. The van der Waals surface area contributed by atoms with E-state index in [1.807, 2.05) is 38.4 Å². The molecule has 28 heavy (non-hydrogen) atoms. The first-order valence-electron chi connectivity index (χ1n) is 9.55. The average molecular weight is 371 g/mol. The molecule has 1 heterocycles. The zero-order valence-electron chi connectivity index (χ0n) is 16.4. The lowest BCUT2D eigenvalue weighted by atomic mass is 9.80. The van der Waals surface area contributed by atoms with Gasteiger partial charge in [0.15, 0.2) is 0 Å². The molecule has 1 aliphatic carbocycles. The summed E-state index contributed by atoms with van der Waals surface area (Å²) in [6.07, 6.45) is 3.71. The zero-order valence-corrected chi connectivity index (χ0v) is 16.4. The molecule has 0 fully saturated rings. The molecule has 0 spiro atoms. The summed E-state index contributed by atoms with van der Waals surface area (Å²) >= 11 is 0. The van der Waals surface area contributed by atoms with E-state index in [0.29, 0.717) is 28.8 Å². The fraction of sp³-hybridized carbons (Fsp3) is 0.250. The Morgan fingerprint density at radius 2 is 1.82 bits per heavy atom. The third-order valence-electron chi connectivity index (χ3n) is 5.37. The Balaban J connectivity index is 1.90. The predicted molar refractivity (Wildman–Crippen MR) is 112 cm³/mol. The second-order valence-electron chi connectivity index (χ2n) is 7.79. The quantitative estimate of drug-likeness (QED) is 0.703. The Morgan fingerprint density at radius 1 is 1.11 bits per heavy atom. The lowest BCUT2D eigenvalue weighted by molar-refractivity contribution is -0.254. The molecule has 1 aliphatic rings. The maximum absolute atomic E-state index is 12.0. The normalized spacial score (nSPS) is 17.5. The third kappa shape index (κ3) is 3.26. The standard InChI is InChI=1S/C24H24N2O2/c1-15-12-17(14-16-8-10-18(11-9-16)26(2)3)23-20(13-15)22(24(27)28)19-6-4-5-7-21(19)25-23/h4-11,14-15H,12-13H2,1-3H3,(H,27,28)/p-1/b17-14+/t15-/m0/s1. The van der Waals surface area contributed by atoms with E-state index in [2.05, 4.69) is 42.2 Å². The number of pyridine rings is 1. The van der Waals surface area contributed by atoms with Crippen molar-refractivity contribution in [3.05, 3.63) is 70.9 Å². The largest absolute Gasteiger partial charge is 0.545 e. The topological polar surface area (TPSA) is 56.3 Å². The Morgan fingerprint density at radius 3 is 2.50 bits per heavy atom. The average Bonchev–Trinajstić information content (AvgIpc) is 2.66. The number of allylic oxidation sites excluding steroid dienone is 1. The van der Waals surface area contributed by atoms with E-state index in [1.54, 1.807) is 0 Å². The van der Waals surface area contributed by atoms with Crippen molar-refractivity contribution in [1.29, 1.82) is 0 Å². The minimum absolute atomic E-state index is 0.293. The number of hydrogen-bond acceptors (Lipinski definition) is 4.